The summed E-state index contributed by atoms with van der Waals surface area (Å²) in [6.45, 7) is 0.552. The predicted molar refractivity (Wildman–Crippen MR) is 152 cm³/mol. The second kappa shape index (κ2) is 12.0. The summed E-state index contributed by atoms with van der Waals surface area (Å²) in [6, 6.07) is 13.2. The molecule has 0 bridgehead atoms. The molecule has 0 radical (unpaired) electrons. The van der Waals surface area contributed by atoms with E-state index in [1.165, 1.54) is 47.9 Å². The summed E-state index contributed by atoms with van der Waals surface area (Å²) in [5, 5.41) is 9.44. The summed E-state index contributed by atoms with van der Waals surface area (Å²) < 4.78 is 40.7. The fraction of sp³-hybridized carbons (Fsp3) is 0.148. The fourth-order valence-corrected chi connectivity index (χ4v) is 5.05. The number of halogens is 3. The fourth-order valence-electron chi connectivity index (χ4n) is 3.70. The number of hydrogen-bond donors (Lipinski definition) is 1. The van der Waals surface area contributed by atoms with Gasteiger partial charge in [-0.2, -0.15) is 16.9 Å². The van der Waals surface area contributed by atoms with E-state index in [4.69, 9.17) is 21.1 Å². The van der Waals surface area contributed by atoms with Crippen molar-refractivity contribution in [2.75, 3.05) is 30.5 Å². The number of carbonyl (C=O) groups excluding carboxylic acids is 1. The maximum atomic E-state index is 14.2. The molecule has 0 saturated carbocycles. The number of amides is 1. The summed E-state index contributed by atoms with van der Waals surface area (Å²) in [5.74, 6) is 0.688. The highest BCUT2D eigenvalue weighted by Gasteiger charge is 2.18. The Labute approximate surface area is 235 Å². The van der Waals surface area contributed by atoms with Crippen molar-refractivity contribution in [3.8, 4) is 28.5 Å². The molecule has 1 aliphatic rings. The molecule has 0 aliphatic carbocycles. The average molecular weight is 587 g/mol. The number of ether oxygens (including phenoxy) is 2. The van der Waals surface area contributed by atoms with Crippen LogP contribution in [0.5, 0.6) is 17.2 Å². The van der Waals surface area contributed by atoms with Crippen LogP contribution >= 0.6 is 34.7 Å². The molecule has 0 unspecified atom stereocenters. The monoisotopic (exact) mass is 586 g/mol. The van der Waals surface area contributed by atoms with E-state index in [9.17, 15) is 13.6 Å². The van der Waals surface area contributed by atoms with Crippen molar-refractivity contribution in [1.82, 2.24) is 4.68 Å². The van der Waals surface area contributed by atoms with Gasteiger partial charge in [0.25, 0.3) is 5.91 Å². The van der Waals surface area contributed by atoms with Crippen molar-refractivity contribution < 1.29 is 23.0 Å². The molecule has 1 aliphatic heterocycles. The van der Waals surface area contributed by atoms with Gasteiger partial charge in [0.1, 0.15) is 28.9 Å². The van der Waals surface area contributed by atoms with Crippen molar-refractivity contribution in [2.24, 2.45) is 10.1 Å². The zero-order chi connectivity index (χ0) is 27.4. The summed E-state index contributed by atoms with van der Waals surface area (Å²) >= 11 is 9.21. The predicted octanol–water partition coefficient (Wildman–Crippen LogP) is 6.42. The first kappa shape index (κ1) is 26.9. The van der Waals surface area contributed by atoms with E-state index in [0.717, 1.165) is 17.4 Å². The second-order valence-electron chi connectivity index (χ2n) is 8.24. The smallest absolute Gasteiger partial charge is 0.262 e. The van der Waals surface area contributed by atoms with E-state index in [1.807, 2.05) is 17.7 Å². The summed E-state index contributed by atoms with van der Waals surface area (Å²) in [5.41, 5.74) is 2.37. The first-order valence-corrected chi connectivity index (χ1v) is 14.3. The lowest BCUT2D eigenvalue weighted by molar-refractivity contribution is -0.118. The number of rotatable bonds is 8. The van der Waals surface area contributed by atoms with E-state index < -0.39 is 11.6 Å². The molecule has 12 heteroatoms. The number of thioether (sulfide) groups is 1. The Morgan fingerprint density at radius 1 is 1.15 bits per heavy atom. The Kier molecular flexibility index (Phi) is 8.30. The lowest BCUT2D eigenvalue weighted by atomic mass is 10.1. The third-order valence-corrected chi connectivity index (χ3v) is 7.27. The van der Waals surface area contributed by atoms with Gasteiger partial charge in [0.05, 0.1) is 29.2 Å². The number of benzene rings is 3. The molecular formula is C27H21ClF2N4O3S2. The van der Waals surface area contributed by atoms with Crippen molar-refractivity contribution in [3.63, 3.8) is 0 Å². The van der Waals surface area contributed by atoms with Crippen molar-refractivity contribution in [1.29, 1.82) is 0 Å². The normalized spacial score (nSPS) is 13.3. The number of nitrogens with zero attached hydrogens (tertiary/aromatic N) is 3. The first-order valence-electron chi connectivity index (χ1n) is 11.6. The Bertz CT molecular complexity index is 1640. The Balaban J connectivity index is 1.55. The summed E-state index contributed by atoms with van der Waals surface area (Å²) in [6.07, 6.45) is 3.47. The zero-order valence-electron chi connectivity index (χ0n) is 20.5. The first-order chi connectivity index (χ1) is 18.9. The second-order valence-corrected chi connectivity index (χ2v) is 10.5. The maximum absolute atomic E-state index is 14.2. The van der Waals surface area contributed by atoms with E-state index in [1.54, 1.807) is 28.6 Å². The minimum atomic E-state index is -0.499. The number of aromatic nitrogens is 1. The summed E-state index contributed by atoms with van der Waals surface area (Å²) in [4.78, 5) is 17.1. The molecule has 200 valence electrons. The van der Waals surface area contributed by atoms with Crippen LogP contribution in [0.15, 0.2) is 70.1 Å². The lowest BCUT2D eigenvalue weighted by Gasteiger charge is -2.18. The molecule has 3 aromatic carbocycles. The number of nitrogens with one attached hydrogen (secondary N) is 1. The van der Waals surface area contributed by atoms with Gasteiger partial charge in [0.2, 0.25) is 4.80 Å². The quantitative estimate of drug-likeness (QED) is 0.191. The van der Waals surface area contributed by atoms with Crippen LogP contribution in [0.3, 0.4) is 0 Å². The molecule has 0 saturated heterocycles. The van der Waals surface area contributed by atoms with Crippen molar-refractivity contribution in [2.45, 2.75) is 0 Å². The molecule has 1 amide bonds. The SMILES string of the molecule is CSCCN=c1scc(-c2ccc3c(c2)NC(=O)CO3)n1/N=C/c1cc(F)ccc1Oc1ccc(F)cc1Cl. The highest BCUT2D eigenvalue weighted by atomic mass is 35.5. The zero-order valence-corrected chi connectivity index (χ0v) is 22.9. The topological polar surface area (TPSA) is 77.2 Å². The molecule has 0 spiro atoms. The highest BCUT2D eigenvalue weighted by molar-refractivity contribution is 7.98. The molecule has 0 fully saturated rings. The lowest BCUT2D eigenvalue weighted by Crippen LogP contribution is -2.25. The van der Waals surface area contributed by atoms with E-state index in [0.29, 0.717) is 34.0 Å². The molecule has 4 aromatic rings. The van der Waals surface area contributed by atoms with Gasteiger partial charge in [-0.05, 0) is 60.9 Å². The number of thiazole rings is 1. The molecule has 0 atom stereocenters. The molecule has 39 heavy (non-hydrogen) atoms. The molecule has 7 nitrogen and oxygen atoms in total. The van der Waals surface area contributed by atoms with Gasteiger partial charge in [-0.25, -0.2) is 13.5 Å². The number of anilines is 1. The maximum Gasteiger partial charge on any atom is 0.262 e. The highest BCUT2D eigenvalue weighted by Crippen LogP contribution is 2.34. The third kappa shape index (κ3) is 6.32. The van der Waals surface area contributed by atoms with Crippen LogP contribution in [0.1, 0.15) is 5.56 Å². The van der Waals surface area contributed by atoms with Gasteiger partial charge < -0.3 is 14.8 Å². The van der Waals surface area contributed by atoms with Crippen molar-refractivity contribution >= 4 is 52.5 Å². The van der Waals surface area contributed by atoms with E-state index in [-0.39, 0.29) is 29.0 Å². The van der Waals surface area contributed by atoms with E-state index in [2.05, 4.69) is 15.4 Å². The number of carbonyl (C=O) groups is 1. The molecule has 1 aromatic heterocycles. The van der Waals surface area contributed by atoms with Crippen LogP contribution in [0.2, 0.25) is 5.02 Å². The molecule has 2 heterocycles. The van der Waals surface area contributed by atoms with Gasteiger partial charge >= 0.3 is 0 Å². The largest absolute Gasteiger partial charge is 0.482 e. The number of fused-ring (bicyclic) bond motifs is 1. The van der Waals surface area contributed by atoms with Gasteiger partial charge in [0, 0.05) is 22.3 Å². The standard InChI is InChI=1S/C27H21ClF2N4O3S2/c1-38-9-8-31-27-34(22(15-39-27)16-2-5-25-21(11-16)33-26(35)14-36-25)32-13-17-10-18(29)3-6-23(17)37-24-7-4-19(30)12-20(24)28/h2-7,10-13,15H,8-9,14H2,1H3,(H,33,35)/b31-27?,32-13+. The minimum absolute atomic E-state index is 0.0330. The molecule has 1 N–H and O–H groups in total. The van der Waals surface area contributed by atoms with Crippen LogP contribution in [0, 0.1) is 11.6 Å². The van der Waals surface area contributed by atoms with Gasteiger partial charge in [-0.3, -0.25) is 9.79 Å². The van der Waals surface area contributed by atoms with Gasteiger partial charge in [0.15, 0.2) is 6.61 Å². The number of hydrogen-bond acceptors (Lipinski definition) is 7. The summed E-state index contributed by atoms with van der Waals surface area (Å²) in [7, 11) is 0. The Morgan fingerprint density at radius 3 is 2.74 bits per heavy atom. The average Bonchev–Trinajstić information content (AvgIpc) is 3.32. The third-order valence-electron chi connectivity index (χ3n) is 5.53. The van der Waals surface area contributed by atoms with Crippen LogP contribution < -0.4 is 19.6 Å². The van der Waals surface area contributed by atoms with Crippen LogP contribution in [0.4, 0.5) is 14.5 Å². The minimum Gasteiger partial charge on any atom is -0.482 e. The molecular weight excluding hydrogens is 566 g/mol. The molecule has 5 rings (SSSR count). The van der Waals surface area contributed by atoms with Crippen LogP contribution in [-0.4, -0.2) is 42.0 Å². The van der Waals surface area contributed by atoms with Crippen LogP contribution in [0.25, 0.3) is 11.3 Å². The van der Waals surface area contributed by atoms with Crippen LogP contribution in [-0.2, 0) is 4.79 Å². The van der Waals surface area contributed by atoms with Gasteiger partial charge in [-0.1, -0.05) is 11.6 Å². The Morgan fingerprint density at radius 2 is 1.95 bits per heavy atom. The Hall–Kier alpha value is -3.67. The van der Waals surface area contributed by atoms with E-state index >= 15 is 0 Å². The van der Waals surface area contributed by atoms with Gasteiger partial charge in [-0.15, -0.1) is 11.3 Å². The van der Waals surface area contributed by atoms with Crippen molar-refractivity contribution in [3.05, 3.63) is 87.0 Å².